The zero-order valence-electron chi connectivity index (χ0n) is 14.6. The zero-order chi connectivity index (χ0) is 15.1. The highest BCUT2D eigenvalue weighted by atomic mass is 16.5. The van der Waals surface area contributed by atoms with Crippen LogP contribution in [0.3, 0.4) is 0 Å². The van der Waals surface area contributed by atoms with Crippen LogP contribution in [0.4, 0.5) is 0 Å². The third kappa shape index (κ3) is 5.56. The maximum absolute atomic E-state index is 6.57. The molecule has 21 heavy (non-hydrogen) atoms. The van der Waals surface area contributed by atoms with Crippen LogP contribution in [0.5, 0.6) is 0 Å². The minimum Gasteiger partial charge on any atom is -0.373 e. The predicted molar refractivity (Wildman–Crippen MR) is 90.6 cm³/mol. The van der Waals surface area contributed by atoms with Crippen molar-refractivity contribution in [2.45, 2.75) is 96.6 Å². The van der Waals surface area contributed by atoms with Gasteiger partial charge in [0.1, 0.15) is 0 Å². The zero-order valence-corrected chi connectivity index (χ0v) is 14.6. The molecule has 0 atom stereocenters. The van der Waals surface area contributed by atoms with Crippen LogP contribution < -0.4 is 5.32 Å². The molecular formula is C19H37NO. The van der Waals surface area contributed by atoms with Crippen molar-refractivity contribution >= 4 is 0 Å². The van der Waals surface area contributed by atoms with Crippen LogP contribution in [0.15, 0.2) is 0 Å². The van der Waals surface area contributed by atoms with Crippen LogP contribution in [0.2, 0.25) is 0 Å². The Kier molecular flexibility index (Phi) is 7.01. The molecule has 2 nitrogen and oxygen atoms in total. The lowest BCUT2D eigenvalue weighted by molar-refractivity contribution is -0.0893. The summed E-state index contributed by atoms with van der Waals surface area (Å²) >= 11 is 0. The summed E-state index contributed by atoms with van der Waals surface area (Å²) in [5.74, 6) is 1.80. The van der Waals surface area contributed by atoms with Crippen molar-refractivity contribution in [3.63, 3.8) is 0 Å². The second kappa shape index (κ2) is 8.53. The van der Waals surface area contributed by atoms with Crippen LogP contribution in [0.25, 0.3) is 0 Å². The lowest BCUT2D eigenvalue weighted by Gasteiger charge is -2.41. The molecule has 0 bridgehead atoms. The number of hydrogen-bond acceptors (Lipinski definition) is 2. The third-order valence-electron chi connectivity index (χ3n) is 5.65. The molecular weight excluding hydrogens is 258 g/mol. The molecule has 0 radical (unpaired) electrons. The second-order valence-corrected chi connectivity index (χ2v) is 7.91. The van der Waals surface area contributed by atoms with Gasteiger partial charge in [0.15, 0.2) is 0 Å². The van der Waals surface area contributed by atoms with E-state index in [1.54, 1.807) is 0 Å². The quantitative estimate of drug-likeness (QED) is 0.686. The van der Waals surface area contributed by atoms with E-state index in [9.17, 15) is 0 Å². The van der Waals surface area contributed by atoms with Crippen molar-refractivity contribution in [3.05, 3.63) is 0 Å². The first-order valence-corrected chi connectivity index (χ1v) is 9.51. The van der Waals surface area contributed by atoms with Crippen LogP contribution in [0, 0.1) is 11.8 Å². The van der Waals surface area contributed by atoms with E-state index in [2.05, 4.69) is 26.1 Å². The topological polar surface area (TPSA) is 21.3 Å². The first-order valence-electron chi connectivity index (χ1n) is 9.51. The van der Waals surface area contributed by atoms with Crippen molar-refractivity contribution in [2.24, 2.45) is 11.8 Å². The molecule has 0 aromatic carbocycles. The van der Waals surface area contributed by atoms with E-state index in [1.807, 2.05) is 0 Å². The van der Waals surface area contributed by atoms with Gasteiger partial charge in [0.2, 0.25) is 0 Å². The van der Waals surface area contributed by atoms with Gasteiger partial charge in [-0.1, -0.05) is 46.5 Å². The normalized spacial score (nSPS) is 31.1. The monoisotopic (exact) mass is 295 g/mol. The van der Waals surface area contributed by atoms with Crippen molar-refractivity contribution in [3.8, 4) is 0 Å². The van der Waals surface area contributed by atoms with E-state index in [4.69, 9.17) is 4.74 Å². The van der Waals surface area contributed by atoms with E-state index in [-0.39, 0.29) is 5.60 Å². The predicted octanol–water partition coefficient (Wildman–Crippen LogP) is 4.92. The van der Waals surface area contributed by atoms with Crippen LogP contribution in [-0.2, 0) is 4.74 Å². The lowest BCUT2D eigenvalue weighted by atomic mass is 9.77. The molecule has 0 aromatic rings. The van der Waals surface area contributed by atoms with Gasteiger partial charge in [-0.05, 0) is 50.4 Å². The summed E-state index contributed by atoms with van der Waals surface area (Å²) in [7, 11) is 0. The van der Waals surface area contributed by atoms with Crippen molar-refractivity contribution in [2.75, 3.05) is 13.2 Å². The van der Waals surface area contributed by atoms with Gasteiger partial charge in [-0.15, -0.1) is 0 Å². The molecule has 2 heteroatoms. The Balaban J connectivity index is 1.84. The number of hydrogen-bond donors (Lipinski definition) is 1. The van der Waals surface area contributed by atoms with Crippen molar-refractivity contribution in [1.82, 2.24) is 5.32 Å². The Morgan fingerprint density at radius 1 is 1.05 bits per heavy atom. The summed E-state index contributed by atoms with van der Waals surface area (Å²) in [5, 5.41) is 3.65. The Bertz CT molecular complexity index is 275. The van der Waals surface area contributed by atoms with Crippen LogP contribution in [-0.4, -0.2) is 24.8 Å². The van der Waals surface area contributed by atoms with E-state index in [0.717, 1.165) is 25.0 Å². The highest BCUT2D eigenvalue weighted by Crippen LogP contribution is 2.38. The molecule has 2 fully saturated rings. The molecule has 0 amide bonds. The van der Waals surface area contributed by atoms with Gasteiger partial charge in [-0.2, -0.15) is 0 Å². The molecule has 0 unspecified atom stereocenters. The van der Waals surface area contributed by atoms with E-state index < -0.39 is 0 Å². The summed E-state index contributed by atoms with van der Waals surface area (Å²) in [6.07, 6.45) is 13.7. The van der Waals surface area contributed by atoms with Crippen LogP contribution >= 0.6 is 0 Å². The van der Waals surface area contributed by atoms with Gasteiger partial charge < -0.3 is 10.1 Å². The van der Waals surface area contributed by atoms with Crippen molar-refractivity contribution in [1.29, 1.82) is 0 Å². The van der Waals surface area contributed by atoms with Crippen molar-refractivity contribution < 1.29 is 4.74 Å². The maximum Gasteiger partial charge on any atom is 0.0806 e. The summed E-state index contributed by atoms with van der Waals surface area (Å²) in [4.78, 5) is 0. The minimum absolute atomic E-state index is 0.136. The second-order valence-electron chi connectivity index (χ2n) is 7.91. The molecule has 0 saturated heterocycles. The average Bonchev–Trinajstić information content (AvgIpc) is 2.99. The summed E-state index contributed by atoms with van der Waals surface area (Å²) < 4.78 is 6.57. The van der Waals surface area contributed by atoms with Gasteiger partial charge in [0, 0.05) is 12.6 Å². The van der Waals surface area contributed by atoms with E-state index in [1.165, 1.54) is 64.2 Å². The first-order chi connectivity index (χ1) is 10.1. The summed E-state index contributed by atoms with van der Waals surface area (Å²) in [5.41, 5.74) is 0.136. The van der Waals surface area contributed by atoms with Gasteiger partial charge in [0.05, 0.1) is 12.2 Å². The summed E-state index contributed by atoms with van der Waals surface area (Å²) in [6.45, 7) is 8.87. The maximum atomic E-state index is 6.57. The third-order valence-corrected chi connectivity index (χ3v) is 5.65. The Hall–Kier alpha value is -0.0800. The molecule has 0 spiro atoms. The molecule has 0 aliphatic heterocycles. The molecule has 2 rings (SSSR count). The van der Waals surface area contributed by atoms with Crippen LogP contribution in [0.1, 0.15) is 85.0 Å². The Labute approximate surface area is 132 Å². The fourth-order valence-corrected chi connectivity index (χ4v) is 4.13. The largest absolute Gasteiger partial charge is 0.373 e. The lowest BCUT2D eigenvalue weighted by Crippen LogP contribution is -2.48. The first kappa shape index (κ1) is 17.3. The molecule has 2 saturated carbocycles. The SMILES string of the molecule is CCCC1CCC(CNC(C)C)(OCC2CCCC2)CC1. The molecule has 2 aliphatic carbocycles. The fourth-order valence-electron chi connectivity index (χ4n) is 4.13. The molecule has 0 heterocycles. The minimum atomic E-state index is 0.136. The van der Waals surface area contributed by atoms with Gasteiger partial charge >= 0.3 is 0 Å². The van der Waals surface area contributed by atoms with E-state index in [0.29, 0.717) is 6.04 Å². The number of ether oxygens (including phenoxy) is 1. The number of nitrogens with one attached hydrogen (secondary N) is 1. The molecule has 1 N–H and O–H groups in total. The average molecular weight is 296 g/mol. The highest BCUT2D eigenvalue weighted by Gasteiger charge is 2.36. The highest BCUT2D eigenvalue weighted by molar-refractivity contribution is 4.90. The smallest absolute Gasteiger partial charge is 0.0806 e. The van der Waals surface area contributed by atoms with Gasteiger partial charge in [-0.3, -0.25) is 0 Å². The summed E-state index contributed by atoms with van der Waals surface area (Å²) in [6, 6.07) is 0.560. The Morgan fingerprint density at radius 2 is 1.71 bits per heavy atom. The fraction of sp³-hybridized carbons (Fsp3) is 1.00. The molecule has 124 valence electrons. The number of rotatable bonds is 8. The molecule has 0 aromatic heterocycles. The van der Waals surface area contributed by atoms with E-state index >= 15 is 0 Å². The Morgan fingerprint density at radius 3 is 2.29 bits per heavy atom. The molecule has 2 aliphatic rings. The van der Waals surface area contributed by atoms with Gasteiger partial charge in [0.25, 0.3) is 0 Å². The van der Waals surface area contributed by atoms with Gasteiger partial charge in [-0.25, -0.2) is 0 Å². The standard InChI is InChI=1S/C19H37NO/c1-4-7-17-10-12-19(13-11-17,15-20-16(2)3)21-14-18-8-5-6-9-18/h16-18,20H,4-15H2,1-3H3.